The Balaban J connectivity index is 1.77. The van der Waals surface area contributed by atoms with Gasteiger partial charge in [-0.3, -0.25) is 14.6 Å². The third kappa shape index (κ3) is 6.35. The molecule has 0 saturated heterocycles. The van der Waals surface area contributed by atoms with Crippen molar-refractivity contribution < 1.29 is 23.1 Å². The van der Waals surface area contributed by atoms with Gasteiger partial charge in [0.15, 0.2) is 9.84 Å². The highest BCUT2D eigenvalue weighted by atomic mass is 32.2. The highest BCUT2D eigenvalue weighted by molar-refractivity contribution is 7.90. The Morgan fingerprint density at radius 1 is 1.06 bits per heavy atom. The van der Waals surface area contributed by atoms with Gasteiger partial charge in [-0.1, -0.05) is 48.5 Å². The van der Waals surface area contributed by atoms with E-state index in [0.717, 1.165) is 30.2 Å². The number of benzene rings is 2. The monoisotopic (exact) mass is 507 g/mol. The molecule has 8 nitrogen and oxygen atoms in total. The van der Waals surface area contributed by atoms with E-state index in [1.807, 2.05) is 30.3 Å². The molecular formula is C27H29N3O5S. The number of nitrogens with zero attached hydrogens (tertiary/aromatic N) is 2. The van der Waals surface area contributed by atoms with Crippen molar-refractivity contribution in [1.82, 2.24) is 9.88 Å². The number of carbonyl (C=O) groups is 2. The van der Waals surface area contributed by atoms with Gasteiger partial charge in [-0.05, 0) is 46.7 Å². The molecule has 4 rings (SSSR count). The first kappa shape index (κ1) is 25.5. The van der Waals surface area contributed by atoms with Gasteiger partial charge in [0.2, 0.25) is 5.91 Å². The zero-order valence-corrected chi connectivity index (χ0v) is 20.8. The summed E-state index contributed by atoms with van der Waals surface area (Å²) in [6.45, 7) is 0.655. The van der Waals surface area contributed by atoms with Gasteiger partial charge < -0.3 is 15.7 Å². The molecule has 1 amide bonds. The number of hydrogen-bond donors (Lipinski definition) is 2. The average Bonchev–Trinajstić information content (AvgIpc) is 3.68. The fraction of sp³-hybridized carbons (Fsp3) is 0.296. The third-order valence-electron chi connectivity index (χ3n) is 6.20. The van der Waals surface area contributed by atoms with E-state index in [1.54, 1.807) is 35.4 Å². The lowest BCUT2D eigenvalue weighted by atomic mass is 9.96. The summed E-state index contributed by atoms with van der Waals surface area (Å²) in [6, 6.07) is 16.6. The van der Waals surface area contributed by atoms with Crippen molar-refractivity contribution >= 4 is 21.7 Å². The minimum atomic E-state index is -3.55. The van der Waals surface area contributed by atoms with Crippen LogP contribution in [0.3, 0.4) is 0 Å². The Morgan fingerprint density at radius 2 is 1.78 bits per heavy atom. The summed E-state index contributed by atoms with van der Waals surface area (Å²) in [5, 5.41) is 7.99. The number of aliphatic carboxylic acids is 1. The number of carboxylic acid groups (broad SMARTS) is 1. The summed E-state index contributed by atoms with van der Waals surface area (Å²) >= 11 is 0. The number of amides is 1. The van der Waals surface area contributed by atoms with E-state index < -0.39 is 21.2 Å². The number of sulfone groups is 1. The van der Waals surface area contributed by atoms with Crippen molar-refractivity contribution in [2.75, 3.05) is 6.26 Å². The molecule has 9 heteroatoms. The van der Waals surface area contributed by atoms with Crippen LogP contribution in [0.5, 0.6) is 0 Å². The molecule has 3 aromatic rings. The lowest BCUT2D eigenvalue weighted by molar-refractivity contribution is -0.136. The summed E-state index contributed by atoms with van der Waals surface area (Å²) < 4.78 is 24.3. The van der Waals surface area contributed by atoms with Crippen LogP contribution in [0, 0.1) is 5.92 Å². The van der Waals surface area contributed by atoms with Gasteiger partial charge in [-0.25, -0.2) is 8.42 Å². The number of carbonyl (C=O) groups excluding carboxylic acids is 1. The van der Waals surface area contributed by atoms with Gasteiger partial charge in [0, 0.05) is 43.2 Å². The molecule has 0 radical (unpaired) electrons. The second-order valence-corrected chi connectivity index (χ2v) is 11.4. The topological polar surface area (TPSA) is 131 Å². The molecule has 2 aromatic carbocycles. The van der Waals surface area contributed by atoms with Gasteiger partial charge in [0.25, 0.3) is 0 Å². The molecule has 1 unspecified atom stereocenters. The van der Waals surface area contributed by atoms with Gasteiger partial charge >= 0.3 is 5.97 Å². The number of rotatable bonds is 10. The lowest BCUT2D eigenvalue weighted by Crippen LogP contribution is -2.31. The van der Waals surface area contributed by atoms with Crippen molar-refractivity contribution in [3.05, 3.63) is 89.2 Å². The number of nitrogens with two attached hydrogens (primary N) is 1. The molecule has 1 aliphatic rings. The molecule has 36 heavy (non-hydrogen) atoms. The van der Waals surface area contributed by atoms with Crippen molar-refractivity contribution in [3.63, 3.8) is 0 Å². The predicted molar refractivity (Wildman–Crippen MR) is 136 cm³/mol. The normalized spacial score (nSPS) is 14.3. The van der Waals surface area contributed by atoms with Crippen LogP contribution >= 0.6 is 0 Å². The number of pyridine rings is 1. The first-order valence-electron chi connectivity index (χ1n) is 11.7. The van der Waals surface area contributed by atoms with E-state index >= 15 is 0 Å². The predicted octanol–water partition coefficient (Wildman–Crippen LogP) is 3.32. The maximum atomic E-state index is 13.2. The molecule has 3 N–H and O–H groups in total. The maximum Gasteiger partial charge on any atom is 0.307 e. The second kappa shape index (κ2) is 10.6. The molecule has 0 aliphatic heterocycles. The van der Waals surface area contributed by atoms with Crippen molar-refractivity contribution in [1.29, 1.82) is 0 Å². The molecule has 0 bridgehead atoms. The smallest absolute Gasteiger partial charge is 0.307 e. The highest BCUT2D eigenvalue weighted by Crippen LogP contribution is 2.34. The van der Waals surface area contributed by atoms with Crippen LogP contribution in [0.15, 0.2) is 67.0 Å². The molecule has 1 heterocycles. The molecule has 1 aliphatic carbocycles. The van der Waals surface area contributed by atoms with Crippen LogP contribution < -0.4 is 5.73 Å². The number of hydrogen-bond acceptors (Lipinski definition) is 6. The fourth-order valence-electron chi connectivity index (χ4n) is 4.17. The van der Waals surface area contributed by atoms with E-state index in [0.29, 0.717) is 28.8 Å². The molecule has 188 valence electrons. The molecule has 1 fully saturated rings. The van der Waals surface area contributed by atoms with Crippen molar-refractivity contribution in [3.8, 4) is 11.1 Å². The Kier molecular flexibility index (Phi) is 7.51. The zero-order chi connectivity index (χ0) is 25.9. The van der Waals surface area contributed by atoms with Gasteiger partial charge in [0.1, 0.15) is 5.37 Å². The van der Waals surface area contributed by atoms with E-state index in [-0.39, 0.29) is 24.8 Å². The van der Waals surface area contributed by atoms with Gasteiger partial charge in [0.05, 0.1) is 6.42 Å². The van der Waals surface area contributed by atoms with E-state index in [9.17, 15) is 23.1 Å². The Hall–Kier alpha value is -3.56. The number of carboxylic acids is 1. The van der Waals surface area contributed by atoms with Gasteiger partial charge in [-0.2, -0.15) is 0 Å². The summed E-state index contributed by atoms with van der Waals surface area (Å²) in [7, 11) is -3.55. The Bertz CT molecular complexity index is 1370. The van der Waals surface area contributed by atoms with Crippen molar-refractivity contribution in [2.24, 2.45) is 11.7 Å². The molecule has 1 aromatic heterocycles. The average molecular weight is 508 g/mol. The minimum absolute atomic E-state index is 0.000757. The first-order chi connectivity index (χ1) is 17.1. The van der Waals surface area contributed by atoms with Gasteiger partial charge in [-0.15, -0.1) is 0 Å². The standard InChI is InChI=1S/C27H29N3O5S/c1-36(34,35)26(28)21-9-10-24(22-11-19(12-25(31)32)14-29-15-22)23(13-21)17-30(27(33)20-7-8-20)16-18-5-3-2-4-6-18/h2-6,9-11,13-15,20,26H,7-8,12,16-17,28H2,1H3,(H,31,32). The summed E-state index contributed by atoms with van der Waals surface area (Å²) in [5.74, 6) is -0.910. The molecule has 1 saturated carbocycles. The van der Waals surface area contributed by atoms with E-state index in [2.05, 4.69) is 4.98 Å². The summed E-state index contributed by atoms with van der Waals surface area (Å²) in [6.07, 6.45) is 5.76. The number of aromatic nitrogens is 1. The quantitative estimate of drug-likeness (QED) is 0.430. The Labute approximate surface area is 210 Å². The molecule has 0 spiro atoms. The van der Waals surface area contributed by atoms with Crippen molar-refractivity contribution in [2.45, 2.75) is 37.7 Å². The lowest BCUT2D eigenvalue weighted by Gasteiger charge is -2.25. The van der Waals surface area contributed by atoms with Crippen LogP contribution in [0.4, 0.5) is 0 Å². The molecule has 1 atom stereocenters. The van der Waals surface area contributed by atoms with Crippen LogP contribution in [0.25, 0.3) is 11.1 Å². The minimum Gasteiger partial charge on any atom is -0.481 e. The molecular weight excluding hydrogens is 478 g/mol. The first-order valence-corrected chi connectivity index (χ1v) is 13.6. The van der Waals surface area contributed by atoms with E-state index in [1.165, 1.54) is 6.20 Å². The SMILES string of the molecule is CS(=O)(=O)C(N)c1ccc(-c2cncc(CC(=O)O)c2)c(CN(Cc2ccccc2)C(=O)C2CC2)c1. The summed E-state index contributed by atoms with van der Waals surface area (Å²) in [4.78, 5) is 30.5. The van der Waals surface area contributed by atoms with E-state index in [4.69, 9.17) is 5.73 Å². The van der Waals surface area contributed by atoms with Crippen LogP contribution in [0.1, 0.15) is 40.5 Å². The third-order valence-corrected chi connectivity index (χ3v) is 7.39. The fourth-order valence-corrected chi connectivity index (χ4v) is 4.81. The van der Waals surface area contributed by atoms with Crippen LogP contribution in [-0.4, -0.2) is 41.5 Å². The van der Waals surface area contributed by atoms with Crippen LogP contribution in [0.2, 0.25) is 0 Å². The highest BCUT2D eigenvalue weighted by Gasteiger charge is 2.34. The zero-order valence-electron chi connectivity index (χ0n) is 20.0. The maximum absolute atomic E-state index is 13.2. The second-order valence-electron chi connectivity index (χ2n) is 9.27. The Morgan fingerprint density at radius 3 is 2.42 bits per heavy atom. The van der Waals surface area contributed by atoms with Crippen LogP contribution in [-0.2, 0) is 38.9 Å². The largest absolute Gasteiger partial charge is 0.481 e. The summed E-state index contributed by atoms with van der Waals surface area (Å²) in [5.41, 5.74) is 10.1.